The van der Waals surface area contributed by atoms with Gasteiger partial charge in [-0.05, 0) is 48.9 Å². The van der Waals surface area contributed by atoms with E-state index in [2.05, 4.69) is 15.6 Å². The molecule has 0 spiro atoms. The Balaban J connectivity index is 1.47. The number of pyridine rings is 1. The molecule has 202 valence electrons. The SMILES string of the molecule is CC(C)C[C@H](NC(=O)c1cc2ccccc2o1)C(=O)N[C@H]1C[C@@H](C)CN(S(=O)(=O)c2ccccn2)CC1=O. The van der Waals surface area contributed by atoms with Crippen LogP contribution >= 0.6 is 0 Å². The van der Waals surface area contributed by atoms with Crippen molar-refractivity contribution in [2.45, 2.75) is 50.7 Å². The van der Waals surface area contributed by atoms with Gasteiger partial charge in [-0.2, -0.15) is 4.31 Å². The number of benzene rings is 1. The van der Waals surface area contributed by atoms with Crippen LogP contribution in [-0.2, 0) is 19.6 Å². The standard InChI is InChI=1S/C27H32N4O6S/c1-17(2)12-21(30-27(34)24-14-19-8-4-5-9-23(19)37-24)26(33)29-20-13-18(3)15-31(16-22(20)32)38(35,36)25-10-6-7-11-28-25/h4-11,14,17-18,20-21H,12-13,15-16H2,1-3H3,(H,29,33)(H,30,34)/t18-,20+,21+/m1/s1. The van der Waals surface area contributed by atoms with Gasteiger partial charge >= 0.3 is 0 Å². The highest BCUT2D eigenvalue weighted by atomic mass is 32.2. The highest BCUT2D eigenvalue weighted by Gasteiger charge is 2.37. The summed E-state index contributed by atoms with van der Waals surface area (Å²) in [5, 5.41) is 6.15. The van der Waals surface area contributed by atoms with E-state index in [0.29, 0.717) is 12.0 Å². The number of Topliss-reactive ketones (excluding diaryl/α,β-unsaturated/α-hetero) is 1. The Morgan fingerprint density at radius 1 is 1.16 bits per heavy atom. The quantitative estimate of drug-likeness (QED) is 0.448. The molecule has 11 heteroatoms. The van der Waals surface area contributed by atoms with Crippen molar-refractivity contribution in [3.05, 3.63) is 60.5 Å². The average molecular weight is 541 g/mol. The van der Waals surface area contributed by atoms with E-state index in [1.165, 1.54) is 12.3 Å². The van der Waals surface area contributed by atoms with Gasteiger partial charge in [-0.3, -0.25) is 14.4 Å². The number of nitrogens with one attached hydrogen (secondary N) is 2. The van der Waals surface area contributed by atoms with Crippen molar-refractivity contribution in [1.82, 2.24) is 19.9 Å². The van der Waals surface area contributed by atoms with Crippen molar-refractivity contribution < 1.29 is 27.2 Å². The number of carbonyl (C=O) groups is 3. The monoisotopic (exact) mass is 540 g/mol. The molecule has 3 heterocycles. The second-order valence-electron chi connectivity index (χ2n) is 10.1. The Labute approximate surface area is 221 Å². The Hall–Kier alpha value is -3.57. The summed E-state index contributed by atoms with van der Waals surface area (Å²) in [6.07, 6.45) is 1.99. The van der Waals surface area contributed by atoms with Crippen LogP contribution in [0.3, 0.4) is 0 Å². The first kappa shape index (κ1) is 27.5. The van der Waals surface area contributed by atoms with E-state index in [4.69, 9.17) is 4.42 Å². The molecule has 0 unspecified atom stereocenters. The molecule has 4 rings (SSSR count). The highest BCUT2D eigenvalue weighted by Crippen LogP contribution is 2.22. The van der Waals surface area contributed by atoms with E-state index in [9.17, 15) is 22.8 Å². The fourth-order valence-corrected chi connectivity index (χ4v) is 6.01. The smallest absolute Gasteiger partial charge is 0.287 e. The molecule has 0 aliphatic carbocycles. The lowest BCUT2D eigenvalue weighted by atomic mass is 9.98. The number of para-hydroxylation sites is 1. The molecule has 0 saturated carbocycles. The summed E-state index contributed by atoms with van der Waals surface area (Å²) in [6, 6.07) is 11.6. The van der Waals surface area contributed by atoms with Crippen molar-refractivity contribution >= 4 is 38.6 Å². The molecule has 1 aromatic carbocycles. The lowest BCUT2D eigenvalue weighted by molar-refractivity contribution is -0.129. The first-order valence-corrected chi connectivity index (χ1v) is 14.0. The molecule has 3 aromatic rings. The van der Waals surface area contributed by atoms with Crippen molar-refractivity contribution in [3.8, 4) is 0 Å². The van der Waals surface area contributed by atoms with Gasteiger partial charge in [0.15, 0.2) is 16.6 Å². The summed E-state index contributed by atoms with van der Waals surface area (Å²) >= 11 is 0. The van der Waals surface area contributed by atoms with E-state index in [1.54, 1.807) is 30.3 Å². The molecular formula is C27H32N4O6S. The molecule has 2 N–H and O–H groups in total. The lowest BCUT2D eigenvalue weighted by Crippen LogP contribution is -2.52. The van der Waals surface area contributed by atoms with Crippen LogP contribution in [0.25, 0.3) is 11.0 Å². The molecule has 0 bridgehead atoms. The molecular weight excluding hydrogens is 508 g/mol. The number of amides is 2. The van der Waals surface area contributed by atoms with Crippen molar-refractivity contribution in [2.24, 2.45) is 11.8 Å². The number of aromatic nitrogens is 1. The summed E-state index contributed by atoms with van der Waals surface area (Å²) in [6.45, 7) is 5.41. The fraction of sp³-hybridized carbons (Fsp3) is 0.407. The normalized spacial score (nSPS) is 19.7. The Kier molecular flexibility index (Phi) is 8.27. The number of rotatable bonds is 8. The fourth-order valence-electron chi connectivity index (χ4n) is 4.56. The lowest BCUT2D eigenvalue weighted by Gasteiger charge is -2.23. The predicted molar refractivity (Wildman–Crippen MR) is 141 cm³/mol. The third kappa shape index (κ3) is 6.28. The zero-order valence-corrected chi connectivity index (χ0v) is 22.4. The zero-order chi connectivity index (χ0) is 27.4. The van der Waals surface area contributed by atoms with Crippen LogP contribution < -0.4 is 10.6 Å². The van der Waals surface area contributed by atoms with Crippen LogP contribution in [0.4, 0.5) is 0 Å². The van der Waals surface area contributed by atoms with Crippen molar-refractivity contribution in [3.63, 3.8) is 0 Å². The summed E-state index contributed by atoms with van der Waals surface area (Å²) in [7, 11) is -3.97. The van der Waals surface area contributed by atoms with Gasteiger partial charge in [0, 0.05) is 18.1 Å². The molecule has 2 amide bonds. The second kappa shape index (κ2) is 11.4. The van der Waals surface area contributed by atoms with Gasteiger partial charge in [0.1, 0.15) is 11.6 Å². The van der Waals surface area contributed by atoms with Crippen LogP contribution in [0, 0.1) is 11.8 Å². The summed E-state index contributed by atoms with van der Waals surface area (Å²) < 4.78 is 32.9. The Bertz CT molecular complexity index is 1390. The molecule has 3 atom stereocenters. The third-order valence-electron chi connectivity index (χ3n) is 6.41. The van der Waals surface area contributed by atoms with Gasteiger partial charge in [0.2, 0.25) is 5.91 Å². The molecule has 10 nitrogen and oxygen atoms in total. The average Bonchev–Trinajstić information content (AvgIpc) is 3.26. The van der Waals surface area contributed by atoms with Crippen LogP contribution in [-0.4, -0.2) is 60.5 Å². The maximum atomic E-state index is 13.3. The van der Waals surface area contributed by atoms with Crippen LogP contribution in [0.1, 0.15) is 44.2 Å². The predicted octanol–water partition coefficient (Wildman–Crippen LogP) is 2.76. The van der Waals surface area contributed by atoms with E-state index < -0.39 is 39.7 Å². The Morgan fingerprint density at radius 3 is 2.58 bits per heavy atom. The number of hydrogen-bond acceptors (Lipinski definition) is 7. The molecule has 1 saturated heterocycles. The van der Waals surface area contributed by atoms with E-state index in [1.807, 2.05) is 32.9 Å². The maximum Gasteiger partial charge on any atom is 0.287 e. The second-order valence-corrected chi connectivity index (χ2v) is 12.0. The third-order valence-corrected chi connectivity index (χ3v) is 8.14. The highest BCUT2D eigenvalue weighted by molar-refractivity contribution is 7.89. The van der Waals surface area contributed by atoms with E-state index in [0.717, 1.165) is 9.69 Å². The zero-order valence-electron chi connectivity index (χ0n) is 21.6. The molecule has 1 aliphatic rings. The van der Waals surface area contributed by atoms with Gasteiger partial charge in [0.05, 0.1) is 12.6 Å². The van der Waals surface area contributed by atoms with E-state index >= 15 is 0 Å². The van der Waals surface area contributed by atoms with Crippen molar-refractivity contribution in [2.75, 3.05) is 13.1 Å². The van der Waals surface area contributed by atoms with Crippen LogP contribution in [0.15, 0.2) is 64.2 Å². The number of nitrogens with zero attached hydrogens (tertiary/aromatic N) is 2. The topological polar surface area (TPSA) is 139 Å². The number of ketones is 1. The van der Waals surface area contributed by atoms with Gasteiger partial charge in [-0.1, -0.05) is 45.0 Å². The first-order chi connectivity index (χ1) is 18.0. The minimum Gasteiger partial charge on any atom is -0.451 e. The maximum absolute atomic E-state index is 13.3. The number of carbonyl (C=O) groups excluding carboxylic acids is 3. The molecule has 38 heavy (non-hydrogen) atoms. The van der Waals surface area contributed by atoms with Gasteiger partial charge in [0.25, 0.3) is 15.9 Å². The summed E-state index contributed by atoms with van der Waals surface area (Å²) in [4.78, 5) is 43.3. The molecule has 1 aliphatic heterocycles. The first-order valence-electron chi connectivity index (χ1n) is 12.6. The Morgan fingerprint density at radius 2 is 1.89 bits per heavy atom. The number of sulfonamides is 1. The van der Waals surface area contributed by atoms with Crippen LogP contribution in [0.2, 0.25) is 0 Å². The number of furan rings is 1. The number of hydrogen-bond donors (Lipinski definition) is 2. The molecule has 2 aromatic heterocycles. The minimum atomic E-state index is -3.97. The van der Waals surface area contributed by atoms with Crippen molar-refractivity contribution in [1.29, 1.82) is 0 Å². The number of fused-ring (bicyclic) bond motifs is 1. The summed E-state index contributed by atoms with van der Waals surface area (Å²) in [5.41, 5.74) is 0.561. The van der Waals surface area contributed by atoms with E-state index in [-0.39, 0.29) is 42.1 Å². The van der Waals surface area contributed by atoms with Gasteiger partial charge < -0.3 is 15.1 Å². The minimum absolute atomic E-state index is 0.0736. The molecule has 0 radical (unpaired) electrons. The van der Waals surface area contributed by atoms with Gasteiger partial charge in [-0.25, -0.2) is 13.4 Å². The largest absolute Gasteiger partial charge is 0.451 e. The molecule has 1 fully saturated rings. The van der Waals surface area contributed by atoms with Gasteiger partial charge in [-0.15, -0.1) is 0 Å². The summed E-state index contributed by atoms with van der Waals surface area (Å²) in [5.74, 6) is -1.51. The van der Waals surface area contributed by atoms with Crippen LogP contribution in [0.5, 0.6) is 0 Å².